The molecule has 0 spiro atoms. The minimum absolute atomic E-state index is 0.0318. The highest BCUT2D eigenvalue weighted by atomic mass is 32.1. The standard InChI is InChI=1S/C15H14N2O2S/c18-8-2-1-4-13-5-3-6-14(16-13)17-15(19)10-12-7-9-20-11-12/h3,5-7,9,11,18H,2,8,10H2,(H,16,17,19). The number of amides is 1. The van der Waals surface area contributed by atoms with Crippen LogP contribution in [0.1, 0.15) is 17.7 Å². The van der Waals surface area contributed by atoms with Crippen molar-refractivity contribution in [1.29, 1.82) is 0 Å². The summed E-state index contributed by atoms with van der Waals surface area (Å²) in [5.41, 5.74) is 1.57. The van der Waals surface area contributed by atoms with Crippen LogP contribution in [-0.2, 0) is 11.2 Å². The molecule has 0 fully saturated rings. The van der Waals surface area contributed by atoms with E-state index in [1.165, 1.54) is 0 Å². The van der Waals surface area contributed by atoms with E-state index >= 15 is 0 Å². The smallest absolute Gasteiger partial charge is 0.229 e. The lowest BCUT2D eigenvalue weighted by molar-refractivity contribution is -0.115. The van der Waals surface area contributed by atoms with Gasteiger partial charge in [0.05, 0.1) is 13.0 Å². The Kier molecular flexibility index (Phi) is 5.30. The van der Waals surface area contributed by atoms with Gasteiger partial charge in [-0.25, -0.2) is 4.98 Å². The summed E-state index contributed by atoms with van der Waals surface area (Å²) in [6.07, 6.45) is 0.752. The first-order valence-corrected chi connectivity index (χ1v) is 7.10. The molecule has 0 unspecified atom stereocenters. The molecule has 102 valence electrons. The number of thiophene rings is 1. The van der Waals surface area contributed by atoms with Gasteiger partial charge in [-0.05, 0) is 40.4 Å². The quantitative estimate of drug-likeness (QED) is 0.846. The fraction of sp³-hybridized carbons (Fsp3) is 0.200. The minimum atomic E-state index is -0.101. The monoisotopic (exact) mass is 286 g/mol. The highest BCUT2D eigenvalue weighted by molar-refractivity contribution is 7.08. The fourth-order valence-corrected chi connectivity index (χ4v) is 2.22. The minimum Gasteiger partial charge on any atom is -0.395 e. The van der Waals surface area contributed by atoms with Crippen molar-refractivity contribution in [2.45, 2.75) is 12.8 Å². The van der Waals surface area contributed by atoms with Gasteiger partial charge in [-0.2, -0.15) is 11.3 Å². The van der Waals surface area contributed by atoms with Gasteiger partial charge >= 0.3 is 0 Å². The molecule has 0 saturated carbocycles. The van der Waals surface area contributed by atoms with Crippen molar-refractivity contribution in [2.75, 3.05) is 11.9 Å². The third kappa shape index (κ3) is 4.50. The molecule has 2 heterocycles. The van der Waals surface area contributed by atoms with Crippen molar-refractivity contribution in [3.63, 3.8) is 0 Å². The van der Waals surface area contributed by atoms with Crippen LogP contribution in [0, 0.1) is 11.8 Å². The number of nitrogens with one attached hydrogen (secondary N) is 1. The largest absolute Gasteiger partial charge is 0.395 e. The maximum absolute atomic E-state index is 11.8. The molecule has 5 heteroatoms. The Morgan fingerprint density at radius 3 is 3.05 bits per heavy atom. The van der Waals surface area contributed by atoms with Crippen LogP contribution in [0.5, 0.6) is 0 Å². The molecule has 0 aromatic carbocycles. The number of aliphatic hydroxyl groups is 1. The molecule has 2 rings (SSSR count). The third-order valence-electron chi connectivity index (χ3n) is 2.41. The van der Waals surface area contributed by atoms with E-state index in [1.807, 2.05) is 16.8 Å². The number of pyridine rings is 1. The van der Waals surface area contributed by atoms with Gasteiger partial charge in [-0.15, -0.1) is 0 Å². The maximum Gasteiger partial charge on any atom is 0.229 e. The molecule has 20 heavy (non-hydrogen) atoms. The predicted molar refractivity (Wildman–Crippen MR) is 79.5 cm³/mol. The summed E-state index contributed by atoms with van der Waals surface area (Å²) in [6.45, 7) is 0.0318. The first-order chi connectivity index (χ1) is 9.78. The number of anilines is 1. The van der Waals surface area contributed by atoms with Crippen LogP contribution in [0.3, 0.4) is 0 Å². The van der Waals surface area contributed by atoms with E-state index in [4.69, 9.17) is 5.11 Å². The van der Waals surface area contributed by atoms with Gasteiger partial charge in [0.15, 0.2) is 0 Å². The van der Waals surface area contributed by atoms with E-state index in [1.54, 1.807) is 29.5 Å². The van der Waals surface area contributed by atoms with Crippen molar-refractivity contribution in [3.8, 4) is 11.8 Å². The summed E-state index contributed by atoms with van der Waals surface area (Å²) in [4.78, 5) is 16.1. The van der Waals surface area contributed by atoms with Gasteiger partial charge in [0.2, 0.25) is 5.91 Å². The molecule has 0 aliphatic rings. The van der Waals surface area contributed by atoms with E-state index in [2.05, 4.69) is 22.1 Å². The molecule has 0 aliphatic heterocycles. The first kappa shape index (κ1) is 14.3. The Morgan fingerprint density at radius 1 is 1.40 bits per heavy atom. The molecule has 2 aromatic heterocycles. The number of rotatable bonds is 4. The summed E-state index contributed by atoms with van der Waals surface area (Å²) >= 11 is 1.57. The zero-order chi connectivity index (χ0) is 14.2. The number of aliphatic hydroxyl groups excluding tert-OH is 1. The summed E-state index contributed by atoms with van der Waals surface area (Å²) < 4.78 is 0. The van der Waals surface area contributed by atoms with E-state index in [9.17, 15) is 4.79 Å². The number of aromatic nitrogens is 1. The molecule has 1 amide bonds. The molecular formula is C15H14N2O2S. The Hall–Kier alpha value is -2.16. The Balaban J connectivity index is 1.97. The van der Waals surface area contributed by atoms with Gasteiger partial charge in [-0.3, -0.25) is 4.79 Å². The summed E-state index contributed by atoms with van der Waals surface area (Å²) in [7, 11) is 0. The van der Waals surface area contributed by atoms with Gasteiger partial charge in [0.1, 0.15) is 11.5 Å². The number of carbonyl (C=O) groups excluding carboxylic acids is 1. The molecular weight excluding hydrogens is 272 g/mol. The van der Waals surface area contributed by atoms with Gasteiger partial charge in [0, 0.05) is 6.42 Å². The molecule has 0 saturated heterocycles. The third-order valence-corrected chi connectivity index (χ3v) is 3.15. The van der Waals surface area contributed by atoms with Crippen molar-refractivity contribution in [2.24, 2.45) is 0 Å². The van der Waals surface area contributed by atoms with Crippen molar-refractivity contribution >= 4 is 23.1 Å². The lowest BCUT2D eigenvalue weighted by Crippen LogP contribution is -2.15. The Bertz CT molecular complexity index is 627. The van der Waals surface area contributed by atoms with Crippen LogP contribution in [0.15, 0.2) is 35.0 Å². The number of hydrogen-bond donors (Lipinski definition) is 2. The van der Waals surface area contributed by atoms with Crippen LogP contribution in [-0.4, -0.2) is 22.6 Å². The molecule has 4 nitrogen and oxygen atoms in total. The highest BCUT2D eigenvalue weighted by Crippen LogP contribution is 2.09. The SMILES string of the molecule is O=C(Cc1ccsc1)Nc1cccc(C#CCCO)n1. The number of hydrogen-bond acceptors (Lipinski definition) is 4. The van der Waals surface area contributed by atoms with Crippen LogP contribution >= 0.6 is 11.3 Å². The number of nitrogens with zero attached hydrogens (tertiary/aromatic N) is 1. The molecule has 2 aromatic rings. The Labute approximate surface area is 121 Å². The average molecular weight is 286 g/mol. The van der Waals surface area contributed by atoms with Crippen LogP contribution in [0.25, 0.3) is 0 Å². The summed E-state index contributed by atoms with van der Waals surface area (Å²) in [6, 6.07) is 7.20. The lowest BCUT2D eigenvalue weighted by atomic mass is 10.2. The molecule has 2 N–H and O–H groups in total. The Morgan fingerprint density at radius 2 is 2.30 bits per heavy atom. The summed E-state index contributed by atoms with van der Waals surface area (Å²) in [5, 5.41) is 15.3. The van der Waals surface area contributed by atoms with Crippen LogP contribution in [0.4, 0.5) is 5.82 Å². The zero-order valence-corrected chi connectivity index (χ0v) is 11.6. The maximum atomic E-state index is 11.8. The zero-order valence-electron chi connectivity index (χ0n) is 10.8. The molecule has 0 radical (unpaired) electrons. The van der Waals surface area contributed by atoms with Crippen LogP contribution in [0.2, 0.25) is 0 Å². The van der Waals surface area contributed by atoms with Crippen molar-refractivity contribution in [1.82, 2.24) is 4.98 Å². The second kappa shape index (κ2) is 7.43. The van der Waals surface area contributed by atoms with E-state index in [0.717, 1.165) is 5.56 Å². The van der Waals surface area contributed by atoms with Crippen molar-refractivity contribution < 1.29 is 9.90 Å². The number of carbonyl (C=O) groups is 1. The van der Waals surface area contributed by atoms with Gasteiger partial charge < -0.3 is 10.4 Å². The summed E-state index contributed by atoms with van der Waals surface area (Å²) in [5.74, 6) is 6.01. The molecule has 0 bridgehead atoms. The van der Waals surface area contributed by atoms with Crippen molar-refractivity contribution in [3.05, 3.63) is 46.3 Å². The topological polar surface area (TPSA) is 62.2 Å². The van der Waals surface area contributed by atoms with Gasteiger partial charge in [0.25, 0.3) is 0 Å². The lowest BCUT2D eigenvalue weighted by Gasteiger charge is -2.03. The van der Waals surface area contributed by atoms with E-state index in [0.29, 0.717) is 24.4 Å². The average Bonchev–Trinajstić information content (AvgIpc) is 2.92. The fourth-order valence-electron chi connectivity index (χ4n) is 1.55. The second-order valence-corrected chi connectivity index (χ2v) is 4.82. The van der Waals surface area contributed by atoms with E-state index < -0.39 is 0 Å². The first-order valence-electron chi connectivity index (χ1n) is 6.15. The second-order valence-electron chi connectivity index (χ2n) is 4.04. The molecule has 0 atom stereocenters. The normalized spacial score (nSPS) is 9.65. The van der Waals surface area contributed by atoms with Crippen LogP contribution < -0.4 is 5.32 Å². The highest BCUT2D eigenvalue weighted by Gasteiger charge is 2.05. The predicted octanol–water partition coefficient (Wildman–Crippen LogP) is 2.06. The van der Waals surface area contributed by atoms with E-state index in [-0.39, 0.29) is 12.5 Å². The van der Waals surface area contributed by atoms with Gasteiger partial charge in [-0.1, -0.05) is 12.0 Å². The molecule has 0 aliphatic carbocycles.